The Morgan fingerprint density at radius 2 is 2.05 bits per heavy atom. The van der Waals surface area contributed by atoms with Crippen LogP contribution >= 0.6 is 11.6 Å². The maximum absolute atomic E-state index is 13.9. The van der Waals surface area contributed by atoms with Crippen LogP contribution in [0.3, 0.4) is 0 Å². The summed E-state index contributed by atoms with van der Waals surface area (Å²) in [6.45, 7) is 3.39. The smallest absolute Gasteiger partial charge is 0.281 e. The molecule has 0 bridgehead atoms. The number of halogens is 2. The zero-order valence-electron chi connectivity index (χ0n) is 11.6. The van der Waals surface area contributed by atoms with Gasteiger partial charge in [-0.2, -0.15) is 13.5 Å². The van der Waals surface area contributed by atoms with Crippen LogP contribution in [0.15, 0.2) is 29.3 Å². The fourth-order valence-corrected chi connectivity index (χ4v) is 4.09. The van der Waals surface area contributed by atoms with Crippen molar-refractivity contribution in [1.29, 1.82) is 0 Å². The number of sulfonamides is 1. The largest absolute Gasteiger partial charge is 0.284 e. The molecule has 114 valence electrons. The van der Waals surface area contributed by atoms with Crippen molar-refractivity contribution in [3.8, 4) is 0 Å². The van der Waals surface area contributed by atoms with Gasteiger partial charge in [-0.3, -0.25) is 9.40 Å². The number of hydrogen-bond donors (Lipinski definition) is 1. The third-order valence-corrected chi connectivity index (χ3v) is 5.24. The van der Waals surface area contributed by atoms with Crippen molar-refractivity contribution in [3.05, 3.63) is 41.3 Å². The first-order valence-corrected chi connectivity index (χ1v) is 8.28. The lowest BCUT2D eigenvalue weighted by molar-refractivity contribution is 0.582. The second-order valence-electron chi connectivity index (χ2n) is 4.39. The molecule has 5 nitrogen and oxygen atoms in total. The first-order valence-electron chi connectivity index (χ1n) is 6.30. The predicted molar refractivity (Wildman–Crippen MR) is 79.5 cm³/mol. The number of aromatic amines is 1. The molecule has 0 saturated carbocycles. The molecule has 0 fully saturated rings. The number of benzene rings is 1. The van der Waals surface area contributed by atoms with Crippen LogP contribution in [0.1, 0.15) is 18.2 Å². The van der Waals surface area contributed by atoms with Crippen LogP contribution in [0.4, 0.5) is 10.1 Å². The lowest BCUT2D eigenvalue weighted by atomic mass is 10.3. The van der Waals surface area contributed by atoms with Crippen LogP contribution < -0.4 is 4.31 Å². The Kier molecular flexibility index (Phi) is 4.53. The van der Waals surface area contributed by atoms with Gasteiger partial charge in [0.15, 0.2) is 0 Å². The molecule has 1 aromatic heterocycles. The first kappa shape index (κ1) is 15.8. The summed E-state index contributed by atoms with van der Waals surface area (Å²) < 4.78 is 40.3. The molecule has 0 radical (unpaired) electrons. The van der Waals surface area contributed by atoms with Gasteiger partial charge in [0.1, 0.15) is 5.82 Å². The number of aryl methyl sites for hydroxylation is 1. The Bertz CT molecular complexity index is 746. The second-order valence-corrected chi connectivity index (χ2v) is 6.43. The molecule has 0 atom stereocenters. The SMILES string of the molecule is CCN(c1ccccc1F)S(=O)(=O)c1n[nH]c(C)c1CCl. The third kappa shape index (κ3) is 2.75. The molecule has 1 heterocycles. The van der Waals surface area contributed by atoms with Gasteiger partial charge in [-0.25, -0.2) is 4.39 Å². The average molecular weight is 332 g/mol. The molecule has 21 heavy (non-hydrogen) atoms. The van der Waals surface area contributed by atoms with Crippen molar-refractivity contribution in [2.75, 3.05) is 10.8 Å². The molecule has 0 spiro atoms. The average Bonchev–Trinajstić information content (AvgIpc) is 2.83. The quantitative estimate of drug-likeness (QED) is 0.857. The lowest BCUT2D eigenvalue weighted by Gasteiger charge is -2.22. The fraction of sp³-hybridized carbons (Fsp3) is 0.308. The number of hydrogen-bond acceptors (Lipinski definition) is 3. The van der Waals surface area contributed by atoms with E-state index in [-0.39, 0.29) is 23.1 Å². The van der Waals surface area contributed by atoms with Crippen LogP contribution in [0, 0.1) is 12.7 Å². The summed E-state index contributed by atoms with van der Waals surface area (Å²) in [4.78, 5) is 0. The van der Waals surface area contributed by atoms with Gasteiger partial charge in [-0.1, -0.05) is 12.1 Å². The minimum Gasteiger partial charge on any atom is -0.281 e. The molecule has 0 aliphatic carbocycles. The van der Waals surface area contributed by atoms with Gasteiger partial charge in [0.25, 0.3) is 10.0 Å². The topological polar surface area (TPSA) is 66.1 Å². The summed E-state index contributed by atoms with van der Waals surface area (Å²) in [5.74, 6) is -0.603. The van der Waals surface area contributed by atoms with Gasteiger partial charge < -0.3 is 0 Å². The number of nitrogens with one attached hydrogen (secondary N) is 1. The van der Waals surface area contributed by atoms with Gasteiger partial charge >= 0.3 is 0 Å². The Labute approximate surface area is 127 Å². The summed E-state index contributed by atoms with van der Waals surface area (Å²) in [6.07, 6.45) is 0. The minimum absolute atomic E-state index is 0.00568. The van der Waals surface area contributed by atoms with Crippen LogP contribution in [0.2, 0.25) is 0 Å². The van der Waals surface area contributed by atoms with Gasteiger partial charge in [0.05, 0.1) is 11.6 Å². The van der Waals surface area contributed by atoms with Crippen molar-refractivity contribution in [2.24, 2.45) is 0 Å². The number of alkyl halides is 1. The number of aromatic nitrogens is 2. The maximum atomic E-state index is 13.9. The van der Waals surface area contributed by atoms with E-state index < -0.39 is 15.8 Å². The van der Waals surface area contributed by atoms with Crippen molar-refractivity contribution in [3.63, 3.8) is 0 Å². The second kappa shape index (κ2) is 6.03. The Morgan fingerprint density at radius 3 is 2.62 bits per heavy atom. The van der Waals surface area contributed by atoms with Gasteiger partial charge in [0.2, 0.25) is 5.03 Å². The van der Waals surface area contributed by atoms with E-state index in [0.29, 0.717) is 11.3 Å². The third-order valence-electron chi connectivity index (χ3n) is 3.11. The molecule has 8 heteroatoms. The molecule has 2 aromatic rings. The lowest BCUT2D eigenvalue weighted by Crippen LogP contribution is -2.32. The summed E-state index contributed by atoms with van der Waals surface area (Å²) in [6, 6.07) is 5.71. The van der Waals surface area contributed by atoms with E-state index in [9.17, 15) is 12.8 Å². The van der Waals surface area contributed by atoms with Crippen LogP contribution in [0.5, 0.6) is 0 Å². The minimum atomic E-state index is -3.98. The van der Waals surface area contributed by atoms with Gasteiger partial charge in [0, 0.05) is 17.8 Å². The Hall–Kier alpha value is -1.60. The zero-order chi connectivity index (χ0) is 15.6. The van der Waals surface area contributed by atoms with E-state index in [1.165, 1.54) is 18.2 Å². The van der Waals surface area contributed by atoms with Crippen molar-refractivity contribution in [1.82, 2.24) is 10.2 Å². The predicted octanol–water partition coefficient (Wildman–Crippen LogP) is 2.81. The number of H-pyrrole nitrogens is 1. The monoisotopic (exact) mass is 331 g/mol. The molecule has 2 rings (SSSR count). The highest BCUT2D eigenvalue weighted by Gasteiger charge is 2.31. The van der Waals surface area contributed by atoms with Crippen molar-refractivity contribution < 1.29 is 12.8 Å². The molecule has 0 amide bonds. The Balaban J connectivity index is 2.58. The van der Waals surface area contributed by atoms with Gasteiger partial charge in [-0.15, -0.1) is 11.6 Å². The van der Waals surface area contributed by atoms with E-state index in [4.69, 9.17) is 11.6 Å². The van der Waals surface area contributed by atoms with E-state index >= 15 is 0 Å². The molecule has 1 aromatic carbocycles. The summed E-state index contributed by atoms with van der Waals surface area (Å²) >= 11 is 5.79. The highest BCUT2D eigenvalue weighted by molar-refractivity contribution is 7.92. The molecule has 0 aliphatic rings. The molecule has 0 saturated heterocycles. The summed E-state index contributed by atoms with van der Waals surface area (Å²) in [5, 5.41) is 6.26. The fourth-order valence-electron chi connectivity index (χ4n) is 2.03. The maximum Gasteiger partial charge on any atom is 0.284 e. The number of para-hydroxylation sites is 1. The summed E-state index contributed by atoms with van der Waals surface area (Å²) in [5.41, 5.74) is 0.959. The molecule has 1 N–H and O–H groups in total. The highest BCUT2D eigenvalue weighted by Crippen LogP contribution is 2.28. The number of anilines is 1. The van der Waals surface area contributed by atoms with Gasteiger partial charge in [-0.05, 0) is 26.0 Å². The summed E-state index contributed by atoms with van der Waals surface area (Å²) in [7, 11) is -3.98. The van der Waals surface area contributed by atoms with Crippen molar-refractivity contribution in [2.45, 2.75) is 24.8 Å². The van der Waals surface area contributed by atoms with Crippen LogP contribution in [0.25, 0.3) is 0 Å². The number of rotatable bonds is 5. The highest BCUT2D eigenvalue weighted by atomic mass is 35.5. The van der Waals surface area contributed by atoms with E-state index in [2.05, 4.69) is 10.2 Å². The molecular weight excluding hydrogens is 317 g/mol. The van der Waals surface area contributed by atoms with Crippen LogP contribution in [-0.2, 0) is 15.9 Å². The van der Waals surface area contributed by atoms with E-state index in [1.807, 2.05) is 0 Å². The number of nitrogens with zero attached hydrogens (tertiary/aromatic N) is 2. The molecule has 0 aliphatic heterocycles. The van der Waals surface area contributed by atoms with E-state index in [0.717, 1.165) is 4.31 Å². The van der Waals surface area contributed by atoms with Crippen LogP contribution in [-0.4, -0.2) is 25.2 Å². The standard InChI is InChI=1S/C13H15ClFN3O2S/c1-3-18(12-7-5-4-6-11(12)15)21(19,20)13-10(8-14)9(2)16-17-13/h4-7H,3,8H2,1-2H3,(H,16,17). The zero-order valence-corrected chi connectivity index (χ0v) is 13.2. The Morgan fingerprint density at radius 1 is 1.38 bits per heavy atom. The van der Waals surface area contributed by atoms with Crippen molar-refractivity contribution >= 4 is 27.3 Å². The molecule has 0 unspecified atom stereocenters. The molecular formula is C13H15ClFN3O2S. The normalized spacial score (nSPS) is 11.6. The van der Waals surface area contributed by atoms with E-state index in [1.54, 1.807) is 19.9 Å². The first-order chi connectivity index (χ1) is 9.93.